The maximum Gasteiger partial charge on any atom is 0.338 e. The van der Waals surface area contributed by atoms with Crippen molar-refractivity contribution >= 4 is 12.0 Å². The molecule has 0 radical (unpaired) electrons. The minimum absolute atomic E-state index is 0.0654. The largest absolute Gasteiger partial charge is 0.493 e. The molecule has 0 saturated heterocycles. The van der Waals surface area contributed by atoms with Crippen LogP contribution in [0, 0.1) is 0 Å². The first kappa shape index (κ1) is 20.8. The third-order valence-electron chi connectivity index (χ3n) is 3.95. The Morgan fingerprint density at radius 1 is 1.19 bits per heavy atom. The normalized spacial score (nSPS) is 16.8. The van der Waals surface area contributed by atoms with E-state index in [-0.39, 0.29) is 18.7 Å². The smallest absolute Gasteiger partial charge is 0.338 e. The van der Waals surface area contributed by atoms with Gasteiger partial charge in [0.1, 0.15) is 12.4 Å². The van der Waals surface area contributed by atoms with E-state index in [1.807, 2.05) is 45.0 Å². The highest BCUT2D eigenvalue weighted by Gasteiger charge is 2.33. The van der Waals surface area contributed by atoms with Crippen LogP contribution < -0.4 is 15.4 Å². The highest BCUT2D eigenvalue weighted by Crippen LogP contribution is 2.33. The molecule has 1 aromatic carbocycles. The van der Waals surface area contributed by atoms with Crippen molar-refractivity contribution in [3.63, 3.8) is 0 Å². The average Bonchev–Trinajstić information content (AvgIpc) is 2.62. The molecule has 2 amide bonds. The van der Waals surface area contributed by atoms with Crippen LogP contribution in [-0.2, 0) is 14.3 Å². The summed E-state index contributed by atoms with van der Waals surface area (Å²) in [6.07, 6.45) is 0.919. The van der Waals surface area contributed by atoms with Crippen molar-refractivity contribution in [2.75, 3.05) is 19.8 Å². The second-order valence-electron chi connectivity index (χ2n) is 6.51. The van der Waals surface area contributed by atoms with Crippen molar-refractivity contribution < 1.29 is 23.8 Å². The monoisotopic (exact) mass is 376 g/mol. The fourth-order valence-electron chi connectivity index (χ4n) is 2.76. The molecule has 1 heterocycles. The molecular weight excluding hydrogens is 348 g/mol. The van der Waals surface area contributed by atoms with Crippen LogP contribution in [0.3, 0.4) is 0 Å². The van der Waals surface area contributed by atoms with Gasteiger partial charge in [0.15, 0.2) is 0 Å². The number of esters is 1. The van der Waals surface area contributed by atoms with Crippen molar-refractivity contribution in [3.05, 3.63) is 41.1 Å². The highest BCUT2D eigenvalue weighted by atomic mass is 16.6. The molecular formula is C20H28N2O5. The predicted molar refractivity (Wildman–Crippen MR) is 101 cm³/mol. The third-order valence-corrected chi connectivity index (χ3v) is 3.95. The van der Waals surface area contributed by atoms with Gasteiger partial charge in [0, 0.05) is 11.3 Å². The molecule has 1 atom stereocenters. The summed E-state index contributed by atoms with van der Waals surface area (Å²) in [5.41, 5.74) is 1.53. The number of carbonyl (C=O) groups is 2. The molecule has 1 aromatic rings. The molecule has 0 unspecified atom stereocenters. The fraction of sp³-hybridized carbons (Fsp3) is 0.500. The molecule has 7 nitrogen and oxygen atoms in total. The minimum Gasteiger partial charge on any atom is -0.493 e. The summed E-state index contributed by atoms with van der Waals surface area (Å²) in [7, 11) is 0. The number of amides is 2. The molecule has 148 valence electrons. The van der Waals surface area contributed by atoms with Crippen LogP contribution in [-0.4, -0.2) is 37.9 Å². The van der Waals surface area contributed by atoms with E-state index in [1.165, 1.54) is 0 Å². The van der Waals surface area contributed by atoms with Gasteiger partial charge in [-0.1, -0.05) is 25.1 Å². The van der Waals surface area contributed by atoms with E-state index in [1.54, 1.807) is 6.92 Å². The quantitative estimate of drug-likeness (QED) is 0.511. The molecule has 0 aromatic heterocycles. The van der Waals surface area contributed by atoms with Gasteiger partial charge in [-0.2, -0.15) is 0 Å². The number of para-hydroxylation sites is 1. The molecule has 2 rings (SSSR count). The first-order valence-electron chi connectivity index (χ1n) is 9.22. The Hall–Kier alpha value is -2.54. The molecule has 27 heavy (non-hydrogen) atoms. The van der Waals surface area contributed by atoms with Crippen molar-refractivity contribution in [3.8, 4) is 5.75 Å². The van der Waals surface area contributed by atoms with Crippen molar-refractivity contribution in [2.45, 2.75) is 46.3 Å². The summed E-state index contributed by atoms with van der Waals surface area (Å²) >= 11 is 0. The Labute approximate surface area is 160 Å². The van der Waals surface area contributed by atoms with E-state index in [2.05, 4.69) is 10.6 Å². The summed E-state index contributed by atoms with van der Waals surface area (Å²) in [6, 6.07) is 6.34. The zero-order valence-electron chi connectivity index (χ0n) is 16.3. The molecule has 0 saturated carbocycles. The summed E-state index contributed by atoms with van der Waals surface area (Å²) in [4.78, 5) is 24.7. The molecule has 1 aliphatic heterocycles. The molecule has 0 spiro atoms. The van der Waals surface area contributed by atoms with Gasteiger partial charge < -0.3 is 24.8 Å². The maximum atomic E-state index is 12.7. The Morgan fingerprint density at radius 2 is 1.93 bits per heavy atom. The maximum absolute atomic E-state index is 12.7. The molecule has 0 aliphatic carbocycles. The standard InChI is InChI=1S/C20H28N2O5/c1-5-10-26-16-9-7-6-8-15(16)18-17(14(4)21-20(24)22-18)19(23)27-12-11-25-13(2)3/h6-9,13,18H,5,10-12H2,1-4H3,(H2,21,22,24)/t18-/m0/s1. The van der Waals surface area contributed by atoms with Gasteiger partial charge in [-0.05, 0) is 33.3 Å². The number of benzene rings is 1. The Morgan fingerprint density at radius 3 is 2.63 bits per heavy atom. The van der Waals surface area contributed by atoms with Gasteiger partial charge >= 0.3 is 12.0 Å². The summed E-state index contributed by atoms with van der Waals surface area (Å²) < 4.78 is 16.6. The van der Waals surface area contributed by atoms with Crippen molar-refractivity contribution in [1.29, 1.82) is 0 Å². The van der Waals surface area contributed by atoms with Gasteiger partial charge in [0.2, 0.25) is 0 Å². The van der Waals surface area contributed by atoms with E-state index < -0.39 is 12.0 Å². The van der Waals surface area contributed by atoms with Crippen LogP contribution in [0.25, 0.3) is 0 Å². The van der Waals surface area contributed by atoms with Gasteiger partial charge in [-0.3, -0.25) is 0 Å². The van der Waals surface area contributed by atoms with E-state index >= 15 is 0 Å². The Kier molecular flexibility index (Phi) is 7.67. The van der Waals surface area contributed by atoms with E-state index in [4.69, 9.17) is 14.2 Å². The van der Waals surface area contributed by atoms with Gasteiger partial charge in [-0.25, -0.2) is 9.59 Å². The number of nitrogens with one attached hydrogen (secondary N) is 2. The number of allylic oxidation sites excluding steroid dienone is 1. The predicted octanol–water partition coefficient (Wildman–Crippen LogP) is 3.07. The first-order valence-corrected chi connectivity index (χ1v) is 9.22. The van der Waals surface area contributed by atoms with Crippen LogP contribution >= 0.6 is 0 Å². The number of carbonyl (C=O) groups excluding carboxylic acids is 2. The zero-order chi connectivity index (χ0) is 19.8. The van der Waals surface area contributed by atoms with Gasteiger partial charge in [0.05, 0.1) is 30.9 Å². The van der Waals surface area contributed by atoms with Crippen molar-refractivity contribution in [2.24, 2.45) is 0 Å². The molecule has 0 bridgehead atoms. The van der Waals surface area contributed by atoms with Gasteiger partial charge in [0.25, 0.3) is 0 Å². The lowest BCUT2D eigenvalue weighted by Crippen LogP contribution is -2.45. The van der Waals surface area contributed by atoms with Crippen molar-refractivity contribution in [1.82, 2.24) is 10.6 Å². The Balaban J connectivity index is 2.24. The highest BCUT2D eigenvalue weighted by molar-refractivity contribution is 5.95. The molecule has 1 aliphatic rings. The topological polar surface area (TPSA) is 85.9 Å². The SMILES string of the molecule is CCCOc1ccccc1[C@@H]1NC(=O)NC(C)=C1C(=O)OCCOC(C)C. The van der Waals surface area contributed by atoms with E-state index in [9.17, 15) is 9.59 Å². The summed E-state index contributed by atoms with van der Waals surface area (Å²) in [5, 5.41) is 5.44. The second-order valence-corrected chi connectivity index (χ2v) is 6.51. The van der Waals surface area contributed by atoms with Crippen LogP contribution in [0.15, 0.2) is 35.5 Å². The Bertz CT molecular complexity index is 699. The molecule has 7 heteroatoms. The summed E-state index contributed by atoms with van der Waals surface area (Å²) in [6.45, 7) is 8.53. The number of ether oxygens (including phenoxy) is 3. The summed E-state index contributed by atoms with van der Waals surface area (Å²) in [5.74, 6) is 0.135. The first-order chi connectivity index (χ1) is 12.9. The number of rotatable bonds is 9. The van der Waals surface area contributed by atoms with Crippen LogP contribution in [0.4, 0.5) is 4.79 Å². The second kappa shape index (κ2) is 9.97. The van der Waals surface area contributed by atoms with Crippen LogP contribution in [0.2, 0.25) is 0 Å². The van der Waals surface area contributed by atoms with E-state index in [0.717, 1.165) is 6.42 Å². The minimum atomic E-state index is -0.648. The van der Waals surface area contributed by atoms with E-state index in [0.29, 0.717) is 35.8 Å². The zero-order valence-corrected chi connectivity index (χ0v) is 16.3. The third kappa shape index (κ3) is 5.72. The van der Waals surface area contributed by atoms with Crippen LogP contribution in [0.1, 0.15) is 45.7 Å². The number of urea groups is 1. The lowest BCUT2D eigenvalue weighted by Gasteiger charge is -2.29. The van der Waals surface area contributed by atoms with Gasteiger partial charge in [-0.15, -0.1) is 0 Å². The number of hydrogen-bond acceptors (Lipinski definition) is 5. The lowest BCUT2D eigenvalue weighted by molar-refractivity contribution is -0.141. The number of hydrogen-bond donors (Lipinski definition) is 2. The lowest BCUT2D eigenvalue weighted by atomic mass is 9.95. The van der Waals surface area contributed by atoms with Crippen LogP contribution in [0.5, 0.6) is 5.75 Å². The molecule has 2 N–H and O–H groups in total. The average molecular weight is 376 g/mol. The molecule has 0 fully saturated rings. The fourth-order valence-corrected chi connectivity index (χ4v) is 2.76.